The molecule has 19 heavy (non-hydrogen) atoms. The van der Waals surface area contributed by atoms with Gasteiger partial charge in [-0.05, 0) is 18.8 Å². The topological polar surface area (TPSA) is 75.7 Å². The minimum atomic E-state index is -0.598. The number of imide groups is 1. The lowest BCUT2D eigenvalue weighted by molar-refractivity contribution is -0.144. The fraction of sp³-hybridized carbons (Fsp3) is 0.769. The third-order valence-electron chi connectivity index (χ3n) is 3.60. The van der Waals surface area contributed by atoms with E-state index < -0.39 is 18.1 Å². The van der Waals surface area contributed by atoms with Crippen LogP contribution in [0.2, 0.25) is 0 Å². The molecule has 2 unspecified atom stereocenters. The second-order valence-corrected chi connectivity index (χ2v) is 5.50. The zero-order chi connectivity index (χ0) is 14.2. The fourth-order valence-electron chi connectivity index (χ4n) is 2.37. The second kappa shape index (κ2) is 5.28. The van der Waals surface area contributed by atoms with E-state index in [1.54, 1.807) is 0 Å². The van der Waals surface area contributed by atoms with Crippen LogP contribution in [0.3, 0.4) is 0 Å². The highest BCUT2D eigenvalue weighted by molar-refractivity contribution is 6.06. The van der Waals surface area contributed by atoms with Gasteiger partial charge >= 0.3 is 5.97 Å². The number of carbonyl (C=O) groups is 3. The Hall–Kier alpha value is -1.43. The summed E-state index contributed by atoms with van der Waals surface area (Å²) in [5.41, 5.74) is 0. The molecular weight excluding hydrogens is 248 g/mol. The van der Waals surface area contributed by atoms with E-state index in [9.17, 15) is 14.4 Å². The lowest BCUT2D eigenvalue weighted by atomic mass is 10.0. The molecule has 2 atom stereocenters. The summed E-state index contributed by atoms with van der Waals surface area (Å²) in [6.07, 6.45) is 1.93. The van der Waals surface area contributed by atoms with E-state index in [0.29, 0.717) is 0 Å². The summed E-state index contributed by atoms with van der Waals surface area (Å²) in [7, 11) is 1.32. The molecule has 1 aliphatic heterocycles. The number of hydrogen-bond acceptors (Lipinski definition) is 5. The quantitative estimate of drug-likeness (QED) is 0.564. The molecule has 1 aliphatic carbocycles. The Morgan fingerprint density at radius 2 is 2.00 bits per heavy atom. The van der Waals surface area contributed by atoms with E-state index in [1.807, 2.05) is 13.8 Å². The number of carbonyl (C=O) groups excluding carboxylic acids is 3. The number of amides is 2. The highest BCUT2D eigenvalue weighted by atomic mass is 16.5. The van der Waals surface area contributed by atoms with Gasteiger partial charge in [0, 0.05) is 6.04 Å². The highest BCUT2D eigenvalue weighted by Crippen LogP contribution is 2.31. The van der Waals surface area contributed by atoms with Crippen LogP contribution in [-0.2, 0) is 19.1 Å². The first-order valence-corrected chi connectivity index (χ1v) is 6.65. The van der Waals surface area contributed by atoms with Crippen LogP contribution >= 0.6 is 0 Å². The molecule has 2 rings (SSSR count). The molecular formula is C13H20N2O4. The molecule has 2 fully saturated rings. The molecule has 1 saturated carbocycles. The first-order chi connectivity index (χ1) is 8.95. The van der Waals surface area contributed by atoms with Crippen LogP contribution in [-0.4, -0.2) is 47.9 Å². The van der Waals surface area contributed by atoms with Gasteiger partial charge < -0.3 is 4.74 Å². The van der Waals surface area contributed by atoms with E-state index >= 15 is 0 Å². The third kappa shape index (κ3) is 2.78. The van der Waals surface area contributed by atoms with Crippen molar-refractivity contribution < 1.29 is 19.1 Å². The number of rotatable bonds is 5. The summed E-state index contributed by atoms with van der Waals surface area (Å²) in [5.74, 6) is -0.759. The summed E-state index contributed by atoms with van der Waals surface area (Å²) in [6.45, 7) is 3.74. The minimum absolute atomic E-state index is 0.00896. The number of methoxy groups -OCH3 is 1. The summed E-state index contributed by atoms with van der Waals surface area (Å²) in [4.78, 5) is 37.0. The highest BCUT2D eigenvalue weighted by Gasteiger charge is 2.47. The Kier molecular flexibility index (Phi) is 3.89. The third-order valence-corrected chi connectivity index (χ3v) is 3.60. The summed E-state index contributed by atoms with van der Waals surface area (Å²) >= 11 is 0. The zero-order valence-electron chi connectivity index (χ0n) is 11.5. The molecule has 0 aromatic carbocycles. The molecule has 0 spiro atoms. The molecule has 2 amide bonds. The van der Waals surface area contributed by atoms with Gasteiger partial charge in [-0.25, -0.2) is 0 Å². The lowest BCUT2D eigenvalue weighted by Crippen LogP contribution is -2.50. The van der Waals surface area contributed by atoms with Crippen molar-refractivity contribution in [1.29, 1.82) is 0 Å². The molecule has 0 bridgehead atoms. The molecule has 106 valence electrons. The molecule has 1 heterocycles. The van der Waals surface area contributed by atoms with Gasteiger partial charge in [-0.15, -0.1) is 0 Å². The predicted molar refractivity (Wildman–Crippen MR) is 67.1 cm³/mol. The Balaban J connectivity index is 2.04. The second-order valence-electron chi connectivity index (χ2n) is 5.50. The molecule has 1 N–H and O–H groups in total. The number of ether oxygens (including phenoxy) is 1. The number of hydrogen-bond donors (Lipinski definition) is 1. The van der Waals surface area contributed by atoms with Crippen molar-refractivity contribution in [1.82, 2.24) is 10.2 Å². The number of likely N-dealkylation sites (tertiary alicyclic amines) is 1. The number of nitrogens with zero attached hydrogens (tertiary/aromatic N) is 1. The van der Waals surface area contributed by atoms with Crippen molar-refractivity contribution in [2.75, 3.05) is 7.11 Å². The molecule has 0 aromatic heterocycles. The molecule has 6 heteroatoms. The van der Waals surface area contributed by atoms with Crippen LogP contribution in [0.25, 0.3) is 0 Å². The van der Waals surface area contributed by atoms with Gasteiger partial charge in [-0.3, -0.25) is 24.6 Å². The number of esters is 1. The van der Waals surface area contributed by atoms with Crippen molar-refractivity contribution >= 4 is 17.8 Å². The fourth-order valence-corrected chi connectivity index (χ4v) is 2.37. The Morgan fingerprint density at radius 3 is 2.47 bits per heavy atom. The molecule has 0 aromatic rings. The van der Waals surface area contributed by atoms with Crippen LogP contribution in [0, 0.1) is 5.92 Å². The lowest BCUT2D eigenvalue weighted by Gasteiger charge is -2.23. The van der Waals surface area contributed by atoms with Crippen molar-refractivity contribution in [2.45, 2.75) is 51.2 Å². The van der Waals surface area contributed by atoms with E-state index in [1.165, 1.54) is 12.0 Å². The van der Waals surface area contributed by atoms with Gasteiger partial charge in [0.15, 0.2) is 0 Å². The van der Waals surface area contributed by atoms with Crippen molar-refractivity contribution in [2.24, 2.45) is 5.92 Å². The van der Waals surface area contributed by atoms with Gasteiger partial charge in [0.25, 0.3) is 0 Å². The predicted octanol–water partition coefficient (Wildman–Crippen LogP) is 0.0635. The van der Waals surface area contributed by atoms with Crippen LogP contribution in [0.4, 0.5) is 0 Å². The Bertz CT molecular complexity index is 403. The van der Waals surface area contributed by atoms with Gasteiger partial charge in [0.2, 0.25) is 11.8 Å². The van der Waals surface area contributed by atoms with E-state index in [-0.39, 0.29) is 30.2 Å². The van der Waals surface area contributed by atoms with E-state index in [4.69, 9.17) is 4.74 Å². The minimum Gasteiger partial charge on any atom is -0.468 e. The van der Waals surface area contributed by atoms with Gasteiger partial charge in [-0.2, -0.15) is 0 Å². The maximum atomic E-state index is 12.2. The first kappa shape index (κ1) is 14.0. The maximum Gasteiger partial charge on any atom is 0.323 e. The monoisotopic (exact) mass is 268 g/mol. The largest absolute Gasteiger partial charge is 0.468 e. The van der Waals surface area contributed by atoms with Crippen molar-refractivity contribution in [3.63, 3.8) is 0 Å². The molecule has 0 radical (unpaired) electrons. The molecule has 1 saturated heterocycles. The maximum absolute atomic E-state index is 12.2. The average Bonchev–Trinajstić information content (AvgIpc) is 3.13. The van der Waals surface area contributed by atoms with Crippen LogP contribution in [0.1, 0.15) is 33.1 Å². The van der Waals surface area contributed by atoms with Crippen molar-refractivity contribution in [3.8, 4) is 0 Å². The molecule has 6 nitrogen and oxygen atoms in total. The Labute approximate surface area is 112 Å². The first-order valence-electron chi connectivity index (χ1n) is 6.65. The summed E-state index contributed by atoms with van der Waals surface area (Å²) < 4.78 is 4.72. The van der Waals surface area contributed by atoms with Crippen LogP contribution in [0.5, 0.6) is 0 Å². The molecule has 2 aliphatic rings. The normalized spacial score (nSPS) is 25.1. The van der Waals surface area contributed by atoms with Crippen LogP contribution in [0.15, 0.2) is 0 Å². The Morgan fingerprint density at radius 1 is 1.37 bits per heavy atom. The van der Waals surface area contributed by atoms with Gasteiger partial charge in [0.1, 0.15) is 6.04 Å². The number of nitrogens with one attached hydrogen (secondary N) is 1. The van der Waals surface area contributed by atoms with Crippen LogP contribution < -0.4 is 5.32 Å². The summed E-state index contributed by atoms with van der Waals surface area (Å²) in [5, 5.41) is 2.97. The zero-order valence-corrected chi connectivity index (χ0v) is 11.5. The SMILES string of the molecule is COC(=O)C(NC1CC(=O)N(C2CC2)C1=O)C(C)C. The smallest absolute Gasteiger partial charge is 0.323 e. The van der Waals surface area contributed by atoms with E-state index in [0.717, 1.165) is 12.8 Å². The van der Waals surface area contributed by atoms with Gasteiger partial charge in [-0.1, -0.05) is 13.8 Å². The van der Waals surface area contributed by atoms with Gasteiger partial charge in [0.05, 0.1) is 19.6 Å². The van der Waals surface area contributed by atoms with E-state index in [2.05, 4.69) is 5.32 Å². The summed E-state index contributed by atoms with van der Waals surface area (Å²) in [6, 6.07) is -1.08. The average molecular weight is 268 g/mol. The standard InChI is InChI=1S/C13H20N2O4/c1-7(2)11(13(18)19-3)14-9-6-10(16)15(12(9)17)8-4-5-8/h7-9,11,14H,4-6H2,1-3H3. The van der Waals surface area contributed by atoms with Crippen molar-refractivity contribution in [3.05, 3.63) is 0 Å².